The Kier molecular flexibility index (Phi) is 4.43. The van der Waals surface area contributed by atoms with Crippen LogP contribution in [0.5, 0.6) is 0 Å². The van der Waals surface area contributed by atoms with Gasteiger partial charge in [-0.25, -0.2) is 13.4 Å². The number of sulfone groups is 1. The third-order valence-corrected chi connectivity index (χ3v) is 5.20. The Bertz CT molecular complexity index is 691. The molecule has 0 aliphatic carbocycles. The minimum Gasteiger partial charge on any atom is -0.348 e. The maximum Gasteiger partial charge on any atom is 0.319 e. The van der Waals surface area contributed by atoms with Crippen LogP contribution in [-0.4, -0.2) is 41.8 Å². The number of nitrogens with one attached hydrogen (secondary N) is 1. The fraction of sp³-hybridized carbons (Fsp3) is 0.455. The second-order valence-electron chi connectivity index (χ2n) is 4.68. The van der Waals surface area contributed by atoms with Gasteiger partial charge in [-0.2, -0.15) is 0 Å². The summed E-state index contributed by atoms with van der Waals surface area (Å²) in [6.07, 6.45) is 2.14. The van der Waals surface area contributed by atoms with Gasteiger partial charge in [0, 0.05) is 12.2 Å². The van der Waals surface area contributed by atoms with Crippen molar-refractivity contribution in [1.82, 2.24) is 10.3 Å². The molecule has 10 heteroatoms. The monoisotopic (exact) mass is 333 g/mol. The van der Waals surface area contributed by atoms with Crippen molar-refractivity contribution < 1.29 is 18.1 Å². The van der Waals surface area contributed by atoms with E-state index in [0.717, 1.165) is 0 Å². The molecule has 8 nitrogen and oxygen atoms in total. The summed E-state index contributed by atoms with van der Waals surface area (Å²) in [6, 6.07) is 0.624. The maximum atomic E-state index is 12.1. The molecule has 0 aromatic carbocycles. The highest BCUT2D eigenvalue weighted by Crippen LogP contribution is 2.26. The van der Waals surface area contributed by atoms with E-state index in [2.05, 4.69) is 10.3 Å². The smallest absolute Gasteiger partial charge is 0.319 e. The molecule has 21 heavy (non-hydrogen) atoms. The summed E-state index contributed by atoms with van der Waals surface area (Å²) in [4.78, 5) is 25.8. The summed E-state index contributed by atoms with van der Waals surface area (Å²) < 4.78 is 23.0. The van der Waals surface area contributed by atoms with Gasteiger partial charge in [-0.3, -0.25) is 14.9 Å². The van der Waals surface area contributed by atoms with E-state index in [1.54, 1.807) is 0 Å². The lowest BCUT2D eigenvalue weighted by molar-refractivity contribution is -0.385. The highest BCUT2D eigenvalue weighted by Gasteiger charge is 2.29. The third kappa shape index (κ3) is 3.67. The van der Waals surface area contributed by atoms with Gasteiger partial charge in [0.15, 0.2) is 9.84 Å². The Balaban J connectivity index is 2.22. The van der Waals surface area contributed by atoms with Gasteiger partial charge in [0.25, 0.3) is 5.91 Å². The van der Waals surface area contributed by atoms with Crippen LogP contribution in [0.3, 0.4) is 0 Å². The number of halogens is 1. The molecule has 1 saturated heterocycles. The SMILES string of the molecule is O=C(NC1CCCS(=O)(=O)C1)c1ccnc(Cl)c1[N+](=O)[O-]. The summed E-state index contributed by atoms with van der Waals surface area (Å²) in [7, 11) is -3.18. The predicted octanol–water partition coefficient (Wildman–Crippen LogP) is 0.950. The van der Waals surface area contributed by atoms with Crippen LogP contribution in [0.4, 0.5) is 5.69 Å². The Hall–Kier alpha value is -1.74. The molecule has 114 valence electrons. The van der Waals surface area contributed by atoms with E-state index in [0.29, 0.717) is 12.8 Å². The van der Waals surface area contributed by atoms with Gasteiger partial charge < -0.3 is 5.32 Å². The average molecular weight is 334 g/mol. The molecule has 1 fully saturated rings. The van der Waals surface area contributed by atoms with Gasteiger partial charge in [0.1, 0.15) is 5.56 Å². The first-order valence-corrected chi connectivity index (χ1v) is 8.30. The molecule has 1 aliphatic rings. The van der Waals surface area contributed by atoms with Crippen molar-refractivity contribution in [3.63, 3.8) is 0 Å². The van der Waals surface area contributed by atoms with Crippen LogP contribution in [0.15, 0.2) is 12.3 Å². The minimum atomic E-state index is -3.18. The first kappa shape index (κ1) is 15.6. The molecule has 1 aromatic rings. The van der Waals surface area contributed by atoms with Crippen molar-refractivity contribution in [2.45, 2.75) is 18.9 Å². The van der Waals surface area contributed by atoms with E-state index in [1.807, 2.05) is 0 Å². The van der Waals surface area contributed by atoms with Crippen LogP contribution < -0.4 is 5.32 Å². The fourth-order valence-electron chi connectivity index (χ4n) is 2.19. The van der Waals surface area contributed by atoms with Crippen molar-refractivity contribution in [3.8, 4) is 0 Å². The molecular formula is C11H12ClN3O5S. The van der Waals surface area contributed by atoms with Gasteiger partial charge in [-0.15, -0.1) is 0 Å². The average Bonchev–Trinajstić information content (AvgIpc) is 2.36. The second kappa shape index (κ2) is 5.94. The van der Waals surface area contributed by atoms with Crippen molar-refractivity contribution in [2.75, 3.05) is 11.5 Å². The molecule has 2 rings (SSSR count). The van der Waals surface area contributed by atoms with E-state index >= 15 is 0 Å². The zero-order valence-corrected chi connectivity index (χ0v) is 12.4. The number of carbonyl (C=O) groups excluding carboxylic acids is 1. The van der Waals surface area contributed by atoms with Gasteiger partial charge >= 0.3 is 5.69 Å². The molecule has 0 bridgehead atoms. The summed E-state index contributed by atoms with van der Waals surface area (Å²) in [6.45, 7) is 0. The zero-order chi connectivity index (χ0) is 15.6. The van der Waals surface area contributed by atoms with E-state index in [-0.39, 0.29) is 22.2 Å². The van der Waals surface area contributed by atoms with E-state index in [1.165, 1.54) is 12.3 Å². The van der Waals surface area contributed by atoms with Crippen molar-refractivity contribution in [3.05, 3.63) is 33.1 Å². The standard InChI is InChI=1S/C11H12ClN3O5S/c12-10-9(15(17)18)8(3-4-13-10)11(16)14-7-2-1-5-21(19,20)6-7/h3-4,7H,1-2,5-6H2,(H,14,16). The van der Waals surface area contributed by atoms with Crippen LogP contribution in [0, 0.1) is 10.1 Å². The number of nitrogens with zero attached hydrogens (tertiary/aromatic N) is 2. The molecule has 1 unspecified atom stereocenters. The number of nitro groups is 1. The van der Waals surface area contributed by atoms with Gasteiger partial charge in [0.05, 0.1) is 16.4 Å². The summed E-state index contributed by atoms with van der Waals surface area (Å²) >= 11 is 5.63. The van der Waals surface area contributed by atoms with Crippen LogP contribution >= 0.6 is 11.6 Å². The largest absolute Gasteiger partial charge is 0.348 e. The summed E-state index contributed by atoms with van der Waals surface area (Å²) in [5, 5.41) is 13.1. The topological polar surface area (TPSA) is 119 Å². The number of amides is 1. The molecule has 0 saturated carbocycles. The molecule has 2 heterocycles. The zero-order valence-electron chi connectivity index (χ0n) is 10.8. The maximum absolute atomic E-state index is 12.1. The first-order chi connectivity index (χ1) is 9.80. The lowest BCUT2D eigenvalue weighted by Crippen LogP contribution is -2.43. The Morgan fingerprint density at radius 2 is 2.24 bits per heavy atom. The van der Waals surface area contributed by atoms with Crippen molar-refractivity contribution in [2.24, 2.45) is 0 Å². The Morgan fingerprint density at radius 3 is 2.86 bits per heavy atom. The van der Waals surface area contributed by atoms with Crippen LogP contribution in [0.1, 0.15) is 23.2 Å². The fourth-order valence-corrected chi connectivity index (χ4v) is 4.05. The highest BCUT2D eigenvalue weighted by atomic mass is 35.5. The highest BCUT2D eigenvalue weighted by molar-refractivity contribution is 7.91. The van der Waals surface area contributed by atoms with Crippen LogP contribution in [-0.2, 0) is 9.84 Å². The lowest BCUT2D eigenvalue weighted by Gasteiger charge is -2.22. The van der Waals surface area contributed by atoms with Crippen molar-refractivity contribution in [1.29, 1.82) is 0 Å². The summed E-state index contributed by atoms with van der Waals surface area (Å²) in [5.74, 6) is -0.792. The first-order valence-electron chi connectivity index (χ1n) is 6.10. The molecule has 1 aliphatic heterocycles. The number of pyridine rings is 1. The second-order valence-corrected chi connectivity index (χ2v) is 7.27. The van der Waals surface area contributed by atoms with Gasteiger partial charge in [-0.1, -0.05) is 11.6 Å². The molecule has 0 radical (unpaired) electrons. The minimum absolute atomic E-state index is 0.0978. The number of carbonyl (C=O) groups is 1. The molecule has 0 spiro atoms. The Morgan fingerprint density at radius 1 is 1.52 bits per heavy atom. The molecule has 1 atom stereocenters. The third-order valence-electron chi connectivity index (χ3n) is 3.11. The summed E-state index contributed by atoms with van der Waals surface area (Å²) in [5.41, 5.74) is -0.821. The molecule has 1 N–H and O–H groups in total. The lowest BCUT2D eigenvalue weighted by atomic mass is 10.1. The van der Waals surface area contributed by atoms with Crippen LogP contribution in [0.25, 0.3) is 0 Å². The van der Waals surface area contributed by atoms with Gasteiger partial charge in [-0.05, 0) is 18.9 Å². The molecular weight excluding hydrogens is 322 g/mol. The van der Waals surface area contributed by atoms with Crippen LogP contribution in [0.2, 0.25) is 5.15 Å². The number of hydrogen-bond donors (Lipinski definition) is 1. The number of rotatable bonds is 3. The van der Waals surface area contributed by atoms with E-state index < -0.39 is 32.4 Å². The molecule has 1 aromatic heterocycles. The van der Waals surface area contributed by atoms with Gasteiger partial charge in [0.2, 0.25) is 5.15 Å². The normalized spacial score (nSPS) is 20.7. The van der Waals surface area contributed by atoms with E-state index in [4.69, 9.17) is 11.6 Å². The predicted molar refractivity (Wildman–Crippen MR) is 75.0 cm³/mol. The number of hydrogen-bond acceptors (Lipinski definition) is 6. The number of aromatic nitrogens is 1. The quantitative estimate of drug-likeness (QED) is 0.499. The van der Waals surface area contributed by atoms with Crippen molar-refractivity contribution >= 4 is 33.0 Å². The Labute approximate surface area is 125 Å². The molecule has 1 amide bonds. The van der Waals surface area contributed by atoms with E-state index in [9.17, 15) is 23.3 Å².